The molecule has 7 heteroatoms. The maximum absolute atomic E-state index is 4.27. The van der Waals surface area contributed by atoms with E-state index >= 15 is 0 Å². The standard InChI is InChI=1S/C10H10N6S/c1-7-14-15-10-9(12-2-3-16(7)10)13-5-8-4-11-6-17-8/h2-4,6H,5H2,1H3,(H,12,13). The van der Waals surface area contributed by atoms with Crippen molar-refractivity contribution in [1.29, 1.82) is 0 Å². The Morgan fingerprint density at radius 1 is 1.41 bits per heavy atom. The average Bonchev–Trinajstić information content (AvgIpc) is 2.97. The molecule has 3 aromatic heterocycles. The fourth-order valence-corrected chi connectivity index (χ4v) is 2.10. The van der Waals surface area contributed by atoms with Gasteiger partial charge in [0.2, 0.25) is 5.65 Å². The number of anilines is 1. The molecule has 3 aromatic rings. The van der Waals surface area contributed by atoms with Gasteiger partial charge in [0.1, 0.15) is 5.82 Å². The van der Waals surface area contributed by atoms with Crippen LogP contribution in [0, 0.1) is 6.92 Å². The van der Waals surface area contributed by atoms with Crippen LogP contribution in [0.15, 0.2) is 24.1 Å². The number of aromatic nitrogens is 5. The van der Waals surface area contributed by atoms with E-state index in [1.165, 1.54) is 0 Å². The highest BCUT2D eigenvalue weighted by Gasteiger charge is 2.07. The quantitative estimate of drug-likeness (QED) is 0.758. The zero-order valence-corrected chi connectivity index (χ0v) is 9.98. The molecular weight excluding hydrogens is 236 g/mol. The lowest BCUT2D eigenvalue weighted by atomic mass is 10.5. The number of fused-ring (bicyclic) bond motifs is 1. The first-order valence-electron chi connectivity index (χ1n) is 5.12. The fourth-order valence-electron chi connectivity index (χ4n) is 1.57. The average molecular weight is 246 g/mol. The third-order valence-corrected chi connectivity index (χ3v) is 3.19. The van der Waals surface area contributed by atoms with Gasteiger partial charge in [-0.1, -0.05) is 0 Å². The monoisotopic (exact) mass is 246 g/mol. The molecule has 0 fully saturated rings. The molecule has 17 heavy (non-hydrogen) atoms. The first kappa shape index (κ1) is 10.2. The molecule has 0 spiro atoms. The lowest BCUT2D eigenvalue weighted by Crippen LogP contribution is -2.02. The Kier molecular flexibility index (Phi) is 2.45. The Balaban J connectivity index is 1.90. The minimum atomic E-state index is 0.698. The van der Waals surface area contributed by atoms with Crippen LogP contribution >= 0.6 is 11.3 Å². The molecule has 0 bridgehead atoms. The van der Waals surface area contributed by atoms with Gasteiger partial charge >= 0.3 is 0 Å². The Hall–Kier alpha value is -2.02. The highest BCUT2D eigenvalue weighted by molar-refractivity contribution is 7.09. The van der Waals surface area contributed by atoms with Crippen molar-refractivity contribution in [2.75, 3.05) is 5.32 Å². The predicted molar refractivity (Wildman–Crippen MR) is 65.0 cm³/mol. The van der Waals surface area contributed by atoms with Gasteiger partial charge in [-0.25, -0.2) is 4.98 Å². The fraction of sp³-hybridized carbons (Fsp3) is 0.200. The van der Waals surface area contributed by atoms with Crippen molar-refractivity contribution in [2.24, 2.45) is 0 Å². The van der Waals surface area contributed by atoms with Crippen LogP contribution in [0.3, 0.4) is 0 Å². The van der Waals surface area contributed by atoms with E-state index in [9.17, 15) is 0 Å². The third-order valence-electron chi connectivity index (χ3n) is 2.41. The van der Waals surface area contributed by atoms with Crippen LogP contribution in [-0.2, 0) is 6.54 Å². The number of thiazole rings is 1. The van der Waals surface area contributed by atoms with Gasteiger partial charge < -0.3 is 5.32 Å². The first-order chi connectivity index (χ1) is 8.34. The maximum atomic E-state index is 4.27. The van der Waals surface area contributed by atoms with Gasteiger partial charge in [-0.3, -0.25) is 9.38 Å². The van der Waals surface area contributed by atoms with Crippen LogP contribution in [-0.4, -0.2) is 24.6 Å². The molecule has 0 saturated carbocycles. The molecule has 6 nitrogen and oxygen atoms in total. The molecule has 0 aliphatic heterocycles. The molecule has 3 heterocycles. The van der Waals surface area contributed by atoms with E-state index in [0.717, 1.165) is 22.2 Å². The van der Waals surface area contributed by atoms with E-state index < -0.39 is 0 Å². The molecule has 0 radical (unpaired) electrons. The first-order valence-corrected chi connectivity index (χ1v) is 6.00. The van der Waals surface area contributed by atoms with E-state index in [1.807, 2.05) is 29.2 Å². The molecule has 86 valence electrons. The largest absolute Gasteiger partial charge is 0.362 e. The van der Waals surface area contributed by atoms with Crippen molar-refractivity contribution < 1.29 is 0 Å². The summed E-state index contributed by atoms with van der Waals surface area (Å²) in [5.41, 5.74) is 2.56. The number of hydrogen-bond acceptors (Lipinski definition) is 6. The number of aryl methyl sites for hydroxylation is 1. The summed E-state index contributed by atoms with van der Waals surface area (Å²) >= 11 is 1.61. The van der Waals surface area contributed by atoms with Gasteiger partial charge in [0.25, 0.3) is 0 Å². The van der Waals surface area contributed by atoms with Crippen molar-refractivity contribution >= 4 is 22.8 Å². The van der Waals surface area contributed by atoms with Gasteiger partial charge in [0.05, 0.1) is 12.1 Å². The Morgan fingerprint density at radius 2 is 2.35 bits per heavy atom. The molecule has 0 aromatic carbocycles. The second-order valence-electron chi connectivity index (χ2n) is 3.54. The number of hydrogen-bond donors (Lipinski definition) is 1. The summed E-state index contributed by atoms with van der Waals surface area (Å²) in [4.78, 5) is 9.45. The van der Waals surface area contributed by atoms with Crippen LogP contribution < -0.4 is 5.32 Å². The zero-order chi connectivity index (χ0) is 11.7. The van der Waals surface area contributed by atoms with E-state index in [4.69, 9.17) is 0 Å². The molecule has 1 N–H and O–H groups in total. The Morgan fingerprint density at radius 3 is 3.18 bits per heavy atom. The second kappa shape index (κ2) is 4.10. The van der Waals surface area contributed by atoms with Gasteiger partial charge in [0.15, 0.2) is 5.82 Å². The minimum absolute atomic E-state index is 0.698. The molecule has 0 aliphatic carbocycles. The number of nitrogens with one attached hydrogen (secondary N) is 1. The van der Waals surface area contributed by atoms with Crippen LogP contribution in [0.1, 0.15) is 10.7 Å². The van der Waals surface area contributed by atoms with Gasteiger partial charge in [-0.05, 0) is 6.92 Å². The molecule has 0 saturated heterocycles. The molecule has 0 atom stereocenters. The Labute approximate surface area is 101 Å². The molecule has 0 amide bonds. The maximum Gasteiger partial charge on any atom is 0.203 e. The number of rotatable bonds is 3. The minimum Gasteiger partial charge on any atom is -0.362 e. The smallest absolute Gasteiger partial charge is 0.203 e. The van der Waals surface area contributed by atoms with Gasteiger partial charge in [-0.15, -0.1) is 21.5 Å². The van der Waals surface area contributed by atoms with Crippen LogP contribution in [0.4, 0.5) is 5.82 Å². The second-order valence-corrected chi connectivity index (χ2v) is 4.51. The number of nitrogens with zero attached hydrogens (tertiary/aromatic N) is 5. The summed E-state index contributed by atoms with van der Waals surface area (Å²) in [5.74, 6) is 1.59. The highest BCUT2D eigenvalue weighted by atomic mass is 32.1. The van der Waals surface area contributed by atoms with E-state index in [-0.39, 0.29) is 0 Å². The predicted octanol–water partition coefficient (Wildman–Crippen LogP) is 1.50. The van der Waals surface area contributed by atoms with Crippen LogP contribution in [0.2, 0.25) is 0 Å². The molecule has 0 aliphatic rings. The van der Waals surface area contributed by atoms with Crippen molar-refractivity contribution in [3.63, 3.8) is 0 Å². The lowest BCUT2D eigenvalue weighted by Gasteiger charge is -2.04. The molecule has 3 rings (SSSR count). The van der Waals surface area contributed by atoms with Crippen molar-refractivity contribution in [2.45, 2.75) is 13.5 Å². The SMILES string of the molecule is Cc1nnc2c(NCc3cncs3)nccn12. The lowest BCUT2D eigenvalue weighted by molar-refractivity contribution is 1.00. The van der Waals surface area contributed by atoms with E-state index in [2.05, 4.69) is 25.5 Å². The van der Waals surface area contributed by atoms with E-state index in [0.29, 0.717) is 6.54 Å². The summed E-state index contributed by atoms with van der Waals surface area (Å²) < 4.78 is 1.90. The van der Waals surface area contributed by atoms with E-state index in [1.54, 1.807) is 17.5 Å². The van der Waals surface area contributed by atoms with Crippen molar-refractivity contribution in [1.82, 2.24) is 24.6 Å². The summed E-state index contributed by atoms with van der Waals surface area (Å²) in [6.45, 7) is 2.61. The molecular formula is C10H10N6S. The Bertz CT molecular complexity index is 629. The summed E-state index contributed by atoms with van der Waals surface area (Å²) in [5, 5.41) is 11.4. The van der Waals surface area contributed by atoms with Crippen molar-refractivity contribution in [3.8, 4) is 0 Å². The summed E-state index contributed by atoms with van der Waals surface area (Å²) in [6, 6.07) is 0. The van der Waals surface area contributed by atoms with Crippen molar-refractivity contribution in [3.05, 3.63) is 34.8 Å². The van der Waals surface area contributed by atoms with Crippen LogP contribution in [0.25, 0.3) is 5.65 Å². The van der Waals surface area contributed by atoms with Gasteiger partial charge in [-0.2, -0.15) is 0 Å². The third kappa shape index (κ3) is 1.84. The zero-order valence-electron chi connectivity index (χ0n) is 9.16. The summed E-state index contributed by atoms with van der Waals surface area (Å²) in [7, 11) is 0. The highest BCUT2D eigenvalue weighted by Crippen LogP contribution is 2.14. The van der Waals surface area contributed by atoms with Crippen LogP contribution in [0.5, 0.6) is 0 Å². The van der Waals surface area contributed by atoms with Gasteiger partial charge in [0, 0.05) is 23.5 Å². The molecule has 0 unspecified atom stereocenters. The topological polar surface area (TPSA) is 68.0 Å². The normalized spacial score (nSPS) is 10.9. The summed E-state index contributed by atoms with van der Waals surface area (Å²) in [6.07, 6.45) is 5.42.